The lowest BCUT2D eigenvalue weighted by atomic mass is 10.1. The van der Waals surface area contributed by atoms with Gasteiger partial charge in [-0.25, -0.2) is 14.5 Å². The molecule has 0 saturated carbocycles. The lowest BCUT2D eigenvalue weighted by Crippen LogP contribution is -2.01. The Bertz CT molecular complexity index is 906. The molecule has 0 saturated heterocycles. The highest BCUT2D eigenvalue weighted by Crippen LogP contribution is 2.27. The van der Waals surface area contributed by atoms with Gasteiger partial charge in [0.2, 0.25) is 11.6 Å². The third-order valence-corrected chi connectivity index (χ3v) is 3.39. The van der Waals surface area contributed by atoms with Gasteiger partial charge in [0.1, 0.15) is 5.75 Å². The number of rotatable bonds is 4. The number of carboxylic acids is 1. The highest BCUT2D eigenvalue weighted by molar-refractivity contribution is 5.87. The summed E-state index contributed by atoms with van der Waals surface area (Å²) in [6.45, 7) is 1.64. The van der Waals surface area contributed by atoms with E-state index < -0.39 is 11.9 Å². The van der Waals surface area contributed by atoms with Crippen LogP contribution in [0.2, 0.25) is 0 Å². The first kappa shape index (κ1) is 15.6. The Hall–Kier alpha value is -3.29. The van der Waals surface area contributed by atoms with E-state index >= 15 is 0 Å². The minimum absolute atomic E-state index is 0.0366. The molecule has 0 aliphatic heterocycles. The van der Waals surface area contributed by atoms with Crippen LogP contribution < -0.4 is 4.74 Å². The van der Waals surface area contributed by atoms with Crippen molar-refractivity contribution in [1.82, 2.24) is 20.0 Å². The molecule has 2 heterocycles. The summed E-state index contributed by atoms with van der Waals surface area (Å²) in [5.74, 6) is -1.25. The van der Waals surface area contributed by atoms with E-state index in [9.17, 15) is 9.18 Å². The van der Waals surface area contributed by atoms with Crippen molar-refractivity contribution in [2.75, 3.05) is 0 Å². The number of nitrogens with zero attached hydrogens (tertiary/aromatic N) is 4. The second-order valence-corrected chi connectivity index (χ2v) is 5.13. The van der Waals surface area contributed by atoms with Gasteiger partial charge in [-0.1, -0.05) is 17.3 Å². The molecule has 0 amide bonds. The zero-order valence-electron chi connectivity index (χ0n) is 12.9. The van der Waals surface area contributed by atoms with Gasteiger partial charge in [0.05, 0.1) is 0 Å². The number of hydrogen-bond acceptors (Lipinski definition) is 5. The second-order valence-electron chi connectivity index (χ2n) is 5.13. The lowest BCUT2D eigenvalue weighted by Gasteiger charge is -2.07. The molecular weight excluding hydrogens is 315 g/mol. The zero-order valence-corrected chi connectivity index (χ0v) is 12.9. The summed E-state index contributed by atoms with van der Waals surface area (Å²) in [5, 5.41) is 16.2. The van der Waals surface area contributed by atoms with E-state index in [1.165, 1.54) is 17.9 Å². The third-order valence-electron chi connectivity index (χ3n) is 3.39. The van der Waals surface area contributed by atoms with Crippen molar-refractivity contribution in [3.05, 3.63) is 53.7 Å². The Labute approximate surface area is 136 Å². The van der Waals surface area contributed by atoms with E-state index in [1.54, 1.807) is 37.3 Å². The highest BCUT2D eigenvalue weighted by atomic mass is 19.1. The maximum absolute atomic E-state index is 13.2. The number of aromatic nitrogens is 4. The van der Waals surface area contributed by atoms with Crippen LogP contribution in [0.4, 0.5) is 4.39 Å². The molecule has 122 valence electrons. The van der Waals surface area contributed by atoms with Gasteiger partial charge in [0.25, 0.3) is 5.88 Å². The average Bonchev–Trinajstić information content (AvgIpc) is 2.92. The molecule has 1 aromatic carbocycles. The van der Waals surface area contributed by atoms with Gasteiger partial charge in [0, 0.05) is 24.4 Å². The number of halogens is 1. The molecule has 0 bridgehead atoms. The van der Waals surface area contributed by atoms with Gasteiger partial charge in [-0.2, -0.15) is 4.39 Å². The number of carbonyl (C=O) groups is 1. The first-order chi connectivity index (χ1) is 11.5. The van der Waals surface area contributed by atoms with Crippen molar-refractivity contribution < 1.29 is 19.0 Å². The normalized spacial score (nSPS) is 10.6. The minimum atomic E-state index is -1.22. The van der Waals surface area contributed by atoms with Crippen LogP contribution in [0.3, 0.4) is 0 Å². The van der Waals surface area contributed by atoms with E-state index in [1.807, 2.05) is 0 Å². The van der Waals surface area contributed by atoms with Crippen LogP contribution >= 0.6 is 0 Å². The molecule has 0 aliphatic carbocycles. The molecule has 3 rings (SSSR count). The van der Waals surface area contributed by atoms with E-state index in [4.69, 9.17) is 9.84 Å². The fourth-order valence-electron chi connectivity index (χ4n) is 2.14. The smallest absolute Gasteiger partial charge is 0.362 e. The van der Waals surface area contributed by atoms with Gasteiger partial charge >= 0.3 is 5.97 Å². The maximum Gasteiger partial charge on any atom is 0.362 e. The van der Waals surface area contributed by atoms with Crippen molar-refractivity contribution >= 4 is 5.97 Å². The molecule has 0 aliphatic rings. The number of aromatic carboxylic acids is 1. The zero-order chi connectivity index (χ0) is 17.3. The summed E-state index contributed by atoms with van der Waals surface area (Å²) < 4.78 is 20.0. The van der Waals surface area contributed by atoms with E-state index in [0.717, 1.165) is 11.1 Å². The topological polar surface area (TPSA) is 90.1 Å². The Balaban J connectivity index is 1.86. The van der Waals surface area contributed by atoms with Gasteiger partial charge < -0.3 is 9.84 Å². The number of ether oxygens (including phenoxy) is 1. The van der Waals surface area contributed by atoms with Crippen molar-refractivity contribution in [2.45, 2.75) is 6.92 Å². The van der Waals surface area contributed by atoms with Crippen LogP contribution in [0.25, 0.3) is 11.1 Å². The number of aryl methyl sites for hydroxylation is 2. The van der Waals surface area contributed by atoms with Gasteiger partial charge in [-0.15, -0.1) is 5.10 Å². The molecule has 24 heavy (non-hydrogen) atoms. The predicted molar refractivity (Wildman–Crippen MR) is 82.4 cm³/mol. The molecule has 2 aromatic heterocycles. The molecule has 0 radical (unpaired) electrons. The molecule has 0 spiro atoms. The monoisotopic (exact) mass is 328 g/mol. The molecule has 3 aromatic rings. The Kier molecular flexibility index (Phi) is 3.95. The first-order valence-corrected chi connectivity index (χ1v) is 6.99. The SMILES string of the molecule is Cc1cc(-c2ccc(Oc3c(C(=O)O)nnn3C)cc2)cnc1F. The van der Waals surface area contributed by atoms with Gasteiger partial charge in [-0.05, 0) is 30.7 Å². The summed E-state index contributed by atoms with van der Waals surface area (Å²) in [4.78, 5) is 14.8. The van der Waals surface area contributed by atoms with E-state index in [2.05, 4.69) is 15.3 Å². The first-order valence-electron chi connectivity index (χ1n) is 6.99. The summed E-state index contributed by atoms with van der Waals surface area (Å²) >= 11 is 0. The van der Waals surface area contributed by atoms with Crippen LogP contribution in [0, 0.1) is 12.9 Å². The van der Waals surface area contributed by atoms with Crippen LogP contribution in [0.1, 0.15) is 16.1 Å². The van der Waals surface area contributed by atoms with Gasteiger partial charge in [0.15, 0.2) is 0 Å². The predicted octanol–water partition coefficient (Wildman–Crippen LogP) is 2.82. The summed E-state index contributed by atoms with van der Waals surface area (Å²) in [6.07, 6.45) is 1.45. The molecule has 0 fully saturated rings. The number of pyridine rings is 1. The summed E-state index contributed by atoms with van der Waals surface area (Å²) in [6, 6.07) is 8.59. The number of carboxylic acid groups (broad SMARTS) is 1. The van der Waals surface area contributed by atoms with E-state index in [0.29, 0.717) is 11.3 Å². The summed E-state index contributed by atoms with van der Waals surface area (Å²) in [5.41, 5.74) is 1.80. The molecule has 8 heteroatoms. The van der Waals surface area contributed by atoms with E-state index in [-0.39, 0.29) is 11.6 Å². The second kappa shape index (κ2) is 6.07. The molecule has 1 N–H and O–H groups in total. The molecule has 0 atom stereocenters. The Morgan fingerprint density at radius 2 is 1.96 bits per heavy atom. The number of benzene rings is 1. The standard InChI is InChI=1S/C16H13FN4O3/c1-9-7-11(8-18-14(9)17)10-3-5-12(6-4-10)24-15-13(16(22)23)19-20-21(15)2/h3-8H,1-2H3,(H,22,23). The van der Waals surface area contributed by atoms with Crippen molar-refractivity contribution in [3.63, 3.8) is 0 Å². The quantitative estimate of drug-likeness (QED) is 0.741. The van der Waals surface area contributed by atoms with Crippen LogP contribution in [-0.2, 0) is 7.05 Å². The summed E-state index contributed by atoms with van der Waals surface area (Å²) in [7, 11) is 1.54. The fraction of sp³-hybridized carbons (Fsp3) is 0.125. The largest absolute Gasteiger partial charge is 0.476 e. The van der Waals surface area contributed by atoms with Crippen LogP contribution in [-0.4, -0.2) is 31.1 Å². The molecule has 7 nitrogen and oxygen atoms in total. The fourth-order valence-corrected chi connectivity index (χ4v) is 2.14. The maximum atomic E-state index is 13.2. The molecule has 0 unspecified atom stereocenters. The van der Waals surface area contributed by atoms with Gasteiger partial charge in [-0.3, -0.25) is 0 Å². The Morgan fingerprint density at radius 3 is 2.58 bits per heavy atom. The highest BCUT2D eigenvalue weighted by Gasteiger charge is 2.19. The average molecular weight is 328 g/mol. The minimum Gasteiger partial charge on any atom is -0.476 e. The van der Waals surface area contributed by atoms with Crippen molar-refractivity contribution in [1.29, 1.82) is 0 Å². The Morgan fingerprint density at radius 1 is 1.25 bits per heavy atom. The van der Waals surface area contributed by atoms with Crippen LogP contribution in [0.5, 0.6) is 11.6 Å². The third kappa shape index (κ3) is 2.94. The number of hydrogen-bond donors (Lipinski definition) is 1. The van der Waals surface area contributed by atoms with Crippen molar-refractivity contribution in [3.8, 4) is 22.8 Å². The lowest BCUT2D eigenvalue weighted by molar-refractivity contribution is 0.0687. The van der Waals surface area contributed by atoms with Crippen LogP contribution in [0.15, 0.2) is 36.5 Å². The van der Waals surface area contributed by atoms with Crippen molar-refractivity contribution in [2.24, 2.45) is 7.05 Å². The molecular formula is C16H13FN4O3.